The summed E-state index contributed by atoms with van der Waals surface area (Å²) in [6.45, 7) is 0. The highest BCUT2D eigenvalue weighted by Crippen LogP contribution is 2.37. The Bertz CT molecular complexity index is 945. The molecule has 0 aliphatic heterocycles. The fourth-order valence-electron chi connectivity index (χ4n) is 3.01. The van der Waals surface area contributed by atoms with E-state index >= 15 is 0 Å². The normalized spacial score (nSPS) is 12.8. The van der Waals surface area contributed by atoms with Crippen molar-refractivity contribution in [1.29, 1.82) is 0 Å². The molecule has 1 heterocycles. The lowest BCUT2D eigenvalue weighted by molar-refractivity contribution is -0.144. The third-order valence-electron chi connectivity index (χ3n) is 4.19. The van der Waals surface area contributed by atoms with Crippen LogP contribution >= 0.6 is 11.3 Å². The minimum Gasteiger partial charge on any atom is -0.478 e. The van der Waals surface area contributed by atoms with Gasteiger partial charge in [0, 0.05) is 10.5 Å². The number of esters is 1. The van der Waals surface area contributed by atoms with E-state index in [0.29, 0.717) is 11.1 Å². The predicted octanol–water partition coefficient (Wildman–Crippen LogP) is 4.59. The first-order valence-corrected chi connectivity index (χ1v) is 9.21. The fraction of sp³-hybridized carbons (Fsp3) is 0.0909. The number of rotatable bonds is 6. The second-order valence-electron chi connectivity index (χ2n) is 5.80. The maximum Gasteiger partial charge on any atom is 0.333 e. The summed E-state index contributed by atoms with van der Waals surface area (Å²) in [6.07, 6.45) is 0. The van der Waals surface area contributed by atoms with E-state index in [1.165, 1.54) is 18.4 Å². The second-order valence-corrected chi connectivity index (χ2v) is 6.75. The highest BCUT2D eigenvalue weighted by atomic mass is 32.1. The lowest BCUT2D eigenvalue weighted by Gasteiger charge is -2.20. The van der Waals surface area contributed by atoms with Crippen LogP contribution in [0.1, 0.15) is 21.9 Å². The Labute approximate surface area is 161 Å². The molecular formula is C22H18O4S. The van der Waals surface area contributed by atoms with Gasteiger partial charge < -0.3 is 9.84 Å². The van der Waals surface area contributed by atoms with Crippen LogP contribution in [-0.4, -0.2) is 24.2 Å². The molecule has 3 aromatic rings. The third kappa shape index (κ3) is 3.99. The van der Waals surface area contributed by atoms with E-state index in [0.717, 1.165) is 10.4 Å². The molecule has 0 radical (unpaired) electrons. The smallest absolute Gasteiger partial charge is 0.333 e. The van der Waals surface area contributed by atoms with Gasteiger partial charge >= 0.3 is 11.9 Å². The van der Waals surface area contributed by atoms with E-state index in [1.807, 2.05) is 53.9 Å². The first-order chi connectivity index (χ1) is 13.1. The number of methoxy groups -OCH3 is 1. The summed E-state index contributed by atoms with van der Waals surface area (Å²) < 4.78 is 4.97. The molecular weight excluding hydrogens is 360 g/mol. The van der Waals surface area contributed by atoms with E-state index in [2.05, 4.69) is 0 Å². The third-order valence-corrected chi connectivity index (χ3v) is 5.08. The minimum absolute atomic E-state index is 0.00157. The highest BCUT2D eigenvalue weighted by molar-refractivity contribution is 7.11. The molecule has 0 aliphatic carbocycles. The zero-order valence-corrected chi connectivity index (χ0v) is 15.5. The van der Waals surface area contributed by atoms with Gasteiger partial charge in [0.2, 0.25) is 0 Å². The number of ether oxygens (including phenoxy) is 1. The molecule has 0 amide bonds. The van der Waals surface area contributed by atoms with Crippen LogP contribution < -0.4 is 0 Å². The maximum atomic E-state index is 12.6. The largest absolute Gasteiger partial charge is 0.478 e. The van der Waals surface area contributed by atoms with Crippen molar-refractivity contribution in [3.63, 3.8) is 0 Å². The van der Waals surface area contributed by atoms with Crippen LogP contribution in [0.3, 0.4) is 0 Å². The van der Waals surface area contributed by atoms with Gasteiger partial charge in [-0.05, 0) is 22.6 Å². The molecule has 1 atom stereocenters. The molecule has 0 saturated carbocycles. The number of aliphatic carboxylic acids is 1. The van der Waals surface area contributed by atoms with Crippen molar-refractivity contribution in [2.24, 2.45) is 0 Å². The van der Waals surface area contributed by atoms with Gasteiger partial charge in [-0.1, -0.05) is 66.7 Å². The predicted molar refractivity (Wildman–Crippen MR) is 106 cm³/mol. The molecule has 2 aromatic carbocycles. The Morgan fingerprint density at radius 3 is 2.07 bits per heavy atom. The SMILES string of the molecule is COC(=O)C(/C(C(=O)O)=C(/c1ccccc1)c1cccs1)c1ccccc1. The van der Waals surface area contributed by atoms with Crippen molar-refractivity contribution in [3.8, 4) is 0 Å². The number of hydrogen-bond donors (Lipinski definition) is 1. The molecule has 1 aromatic heterocycles. The van der Waals surface area contributed by atoms with Crippen molar-refractivity contribution >= 4 is 28.8 Å². The van der Waals surface area contributed by atoms with Crippen LogP contribution in [0.5, 0.6) is 0 Å². The van der Waals surface area contributed by atoms with Crippen LogP contribution in [0.2, 0.25) is 0 Å². The topological polar surface area (TPSA) is 63.6 Å². The van der Waals surface area contributed by atoms with Crippen LogP contribution in [-0.2, 0) is 14.3 Å². The zero-order chi connectivity index (χ0) is 19.2. The van der Waals surface area contributed by atoms with Gasteiger partial charge in [-0.15, -0.1) is 11.3 Å². The fourth-order valence-corrected chi connectivity index (χ4v) is 3.82. The standard InChI is InChI=1S/C22H18O4S/c1-26-22(25)19(16-11-6-3-7-12-16)20(21(23)24)18(17-13-8-14-27-17)15-9-4-2-5-10-15/h2-14,19H,1H3,(H,23,24)/b20-18+. The molecule has 0 bridgehead atoms. The Hall–Kier alpha value is -3.18. The molecule has 136 valence electrons. The number of thiophene rings is 1. The molecule has 3 rings (SSSR count). The monoisotopic (exact) mass is 378 g/mol. The molecule has 0 fully saturated rings. The molecule has 0 spiro atoms. The Morgan fingerprint density at radius 1 is 0.926 bits per heavy atom. The lowest BCUT2D eigenvalue weighted by Crippen LogP contribution is -2.23. The van der Waals surface area contributed by atoms with E-state index in [9.17, 15) is 14.7 Å². The van der Waals surface area contributed by atoms with E-state index in [-0.39, 0.29) is 5.57 Å². The summed E-state index contributed by atoms with van der Waals surface area (Å²) in [7, 11) is 1.27. The van der Waals surface area contributed by atoms with Crippen molar-refractivity contribution in [2.75, 3.05) is 7.11 Å². The van der Waals surface area contributed by atoms with Gasteiger partial charge in [0.1, 0.15) is 5.92 Å². The number of carboxylic acids is 1. The van der Waals surface area contributed by atoms with Crippen LogP contribution in [0.25, 0.3) is 5.57 Å². The number of carboxylic acid groups (broad SMARTS) is 1. The van der Waals surface area contributed by atoms with Crippen molar-refractivity contribution < 1.29 is 19.4 Å². The zero-order valence-electron chi connectivity index (χ0n) is 14.7. The van der Waals surface area contributed by atoms with E-state index in [1.54, 1.807) is 24.3 Å². The van der Waals surface area contributed by atoms with Gasteiger partial charge in [-0.3, -0.25) is 4.79 Å². The van der Waals surface area contributed by atoms with Crippen molar-refractivity contribution in [3.05, 3.63) is 99.8 Å². The van der Waals surface area contributed by atoms with Crippen LogP contribution in [0, 0.1) is 0 Å². The lowest BCUT2D eigenvalue weighted by atomic mass is 9.85. The highest BCUT2D eigenvalue weighted by Gasteiger charge is 2.34. The van der Waals surface area contributed by atoms with Gasteiger partial charge in [0.15, 0.2) is 0 Å². The van der Waals surface area contributed by atoms with Gasteiger partial charge in [-0.25, -0.2) is 4.79 Å². The van der Waals surface area contributed by atoms with Crippen LogP contribution in [0.4, 0.5) is 0 Å². The molecule has 0 saturated heterocycles. The number of carbonyl (C=O) groups excluding carboxylic acids is 1. The molecule has 4 nitrogen and oxygen atoms in total. The van der Waals surface area contributed by atoms with Crippen molar-refractivity contribution in [2.45, 2.75) is 5.92 Å². The number of benzene rings is 2. The molecule has 1 N–H and O–H groups in total. The summed E-state index contributed by atoms with van der Waals surface area (Å²) in [5, 5.41) is 12.0. The van der Waals surface area contributed by atoms with E-state index in [4.69, 9.17) is 4.74 Å². The molecule has 0 aliphatic rings. The summed E-state index contributed by atoms with van der Waals surface area (Å²) in [5.74, 6) is -2.80. The summed E-state index contributed by atoms with van der Waals surface area (Å²) in [6, 6.07) is 21.8. The van der Waals surface area contributed by atoms with Gasteiger partial charge in [-0.2, -0.15) is 0 Å². The van der Waals surface area contributed by atoms with E-state index < -0.39 is 17.9 Å². The quantitative estimate of drug-likeness (QED) is 0.503. The average Bonchev–Trinajstić information content (AvgIpc) is 3.23. The Kier molecular flexibility index (Phi) is 5.84. The molecule has 27 heavy (non-hydrogen) atoms. The summed E-state index contributed by atoms with van der Waals surface area (Å²) in [4.78, 5) is 25.8. The van der Waals surface area contributed by atoms with Crippen LogP contribution in [0.15, 0.2) is 83.7 Å². The maximum absolute atomic E-state index is 12.6. The minimum atomic E-state index is -1.15. The summed E-state index contributed by atoms with van der Waals surface area (Å²) >= 11 is 1.43. The number of hydrogen-bond acceptors (Lipinski definition) is 4. The van der Waals surface area contributed by atoms with Gasteiger partial charge in [0.05, 0.1) is 12.7 Å². The molecule has 5 heteroatoms. The Balaban J connectivity index is 2.34. The summed E-state index contributed by atoms with van der Waals surface area (Å²) in [5.41, 5.74) is 1.84. The van der Waals surface area contributed by atoms with Crippen molar-refractivity contribution in [1.82, 2.24) is 0 Å². The first-order valence-electron chi connectivity index (χ1n) is 8.33. The Morgan fingerprint density at radius 2 is 1.56 bits per heavy atom. The van der Waals surface area contributed by atoms with Gasteiger partial charge in [0.25, 0.3) is 0 Å². The first kappa shape index (κ1) is 18.6. The number of carbonyl (C=O) groups is 2. The molecule has 1 unspecified atom stereocenters. The average molecular weight is 378 g/mol. The second kappa shape index (κ2) is 8.47.